The Bertz CT molecular complexity index is 445. The van der Waals surface area contributed by atoms with Crippen molar-refractivity contribution in [2.75, 3.05) is 20.2 Å². The molecule has 2 rings (SSSR count). The first-order valence-corrected chi connectivity index (χ1v) is 7.31. The summed E-state index contributed by atoms with van der Waals surface area (Å²) in [5.74, 6) is 0.796. The number of benzene rings is 1. The molecule has 1 aromatic rings. The minimum Gasteiger partial charge on any atom is -0.496 e. The van der Waals surface area contributed by atoms with Crippen LogP contribution in [0.3, 0.4) is 0 Å². The number of rotatable bonds is 4. The molecule has 0 radical (unpaired) electrons. The number of piperidine rings is 1. The molecule has 2 N–H and O–H groups in total. The highest BCUT2D eigenvalue weighted by molar-refractivity contribution is 9.10. The summed E-state index contributed by atoms with van der Waals surface area (Å²) in [6.45, 7) is 1.91. The van der Waals surface area contributed by atoms with Gasteiger partial charge < -0.3 is 15.4 Å². The van der Waals surface area contributed by atoms with Gasteiger partial charge in [0.05, 0.1) is 13.5 Å². The smallest absolute Gasteiger partial charge is 0.224 e. The fraction of sp³-hybridized carbons (Fsp3) is 0.500. The standard InChI is InChI=1S/C14H19BrN2O2/c1-19-13-5-4-11(15)7-10(13)8-14(18)17-12-3-2-6-16-9-12/h4-5,7,12,16H,2-3,6,8-9H2,1H3,(H,17,18). The molecule has 5 heteroatoms. The Kier molecular flexibility index (Phi) is 5.22. The van der Waals surface area contributed by atoms with E-state index in [1.54, 1.807) is 7.11 Å². The summed E-state index contributed by atoms with van der Waals surface area (Å²) in [5, 5.41) is 6.35. The van der Waals surface area contributed by atoms with E-state index in [1.807, 2.05) is 18.2 Å². The zero-order chi connectivity index (χ0) is 13.7. The molecule has 0 saturated carbocycles. The minimum absolute atomic E-state index is 0.0464. The van der Waals surface area contributed by atoms with E-state index in [2.05, 4.69) is 26.6 Å². The first-order chi connectivity index (χ1) is 9.19. The Hall–Kier alpha value is -1.07. The van der Waals surface area contributed by atoms with Crippen molar-refractivity contribution >= 4 is 21.8 Å². The molecule has 0 aromatic heterocycles. The zero-order valence-electron chi connectivity index (χ0n) is 11.0. The van der Waals surface area contributed by atoms with Crippen LogP contribution < -0.4 is 15.4 Å². The van der Waals surface area contributed by atoms with Gasteiger partial charge in [-0.15, -0.1) is 0 Å². The molecule has 1 saturated heterocycles. The van der Waals surface area contributed by atoms with Gasteiger partial charge in [0.25, 0.3) is 0 Å². The Balaban J connectivity index is 1.95. The number of halogens is 1. The molecule has 1 aromatic carbocycles. The van der Waals surface area contributed by atoms with Gasteiger partial charge in [0, 0.05) is 22.6 Å². The lowest BCUT2D eigenvalue weighted by atomic mass is 10.1. The highest BCUT2D eigenvalue weighted by Crippen LogP contribution is 2.23. The molecule has 0 aliphatic carbocycles. The third kappa shape index (κ3) is 4.21. The van der Waals surface area contributed by atoms with E-state index >= 15 is 0 Å². The van der Waals surface area contributed by atoms with Gasteiger partial charge in [0.2, 0.25) is 5.91 Å². The van der Waals surface area contributed by atoms with Gasteiger partial charge in [-0.2, -0.15) is 0 Å². The summed E-state index contributed by atoms with van der Waals surface area (Å²) in [7, 11) is 1.62. The summed E-state index contributed by atoms with van der Waals surface area (Å²) in [5.41, 5.74) is 0.901. The minimum atomic E-state index is 0.0464. The highest BCUT2D eigenvalue weighted by atomic mass is 79.9. The Morgan fingerprint density at radius 3 is 3.11 bits per heavy atom. The molecule has 1 atom stereocenters. The third-order valence-electron chi connectivity index (χ3n) is 3.26. The molecule has 0 bridgehead atoms. The molecular formula is C14H19BrN2O2. The maximum Gasteiger partial charge on any atom is 0.224 e. The van der Waals surface area contributed by atoms with Gasteiger partial charge >= 0.3 is 0 Å². The Morgan fingerprint density at radius 2 is 2.42 bits per heavy atom. The predicted molar refractivity (Wildman–Crippen MR) is 78.4 cm³/mol. The monoisotopic (exact) mass is 326 g/mol. The summed E-state index contributed by atoms with van der Waals surface area (Å²) < 4.78 is 6.23. The maximum absolute atomic E-state index is 12.1. The second-order valence-corrected chi connectivity index (χ2v) is 5.66. The normalized spacial score (nSPS) is 18.9. The first kappa shape index (κ1) is 14.3. The number of ether oxygens (including phenoxy) is 1. The summed E-state index contributed by atoms with van der Waals surface area (Å²) in [6.07, 6.45) is 2.51. The van der Waals surface area contributed by atoms with Crippen LogP contribution in [0.2, 0.25) is 0 Å². The molecule has 0 spiro atoms. The number of amides is 1. The van der Waals surface area contributed by atoms with Crippen LogP contribution in [0, 0.1) is 0 Å². The first-order valence-electron chi connectivity index (χ1n) is 6.51. The number of carbonyl (C=O) groups is 1. The number of hydrogen-bond acceptors (Lipinski definition) is 3. The van der Waals surface area contributed by atoms with Crippen molar-refractivity contribution in [3.63, 3.8) is 0 Å². The van der Waals surface area contributed by atoms with Crippen LogP contribution in [0.4, 0.5) is 0 Å². The van der Waals surface area contributed by atoms with E-state index in [0.717, 1.165) is 41.7 Å². The van der Waals surface area contributed by atoms with Crippen molar-refractivity contribution in [3.05, 3.63) is 28.2 Å². The summed E-state index contributed by atoms with van der Waals surface area (Å²) >= 11 is 3.42. The van der Waals surface area contributed by atoms with Crippen LogP contribution in [0.1, 0.15) is 18.4 Å². The largest absolute Gasteiger partial charge is 0.496 e. The van der Waals surface area contributed by atoms with Gasteiger partial charge in [0.1, 0.15) is 5.75 Å². The van der Waals surface area contributed by atoms with E-state index in [1.165, 1.54) is 0 Å². The van der Waals surface area contributed by atoms with Crippen molar-refractivity contribution in [2.24, 2.45) is 0 Å². The summed E-state index contributed by atoms with van der Waals surface area (Å²) in [4.78, 5) is 12.1. The lowest BCUT2D eigenvalue weighted by Crippen LogP contribution is -2.46. The number of hydrogen-bond donors (Lipinski definition) is 2. The van der Waals surface area contributed by atoms with E-state index in [9.17, 15) is 4.79 Å². The van der Waals surface area contributed by atoms with E-state index in [0.29, 0.717) is 6.42 Å². The molecule has 4 nitrogen and oxygen atoms in total. The molecule has 1 amide bonds. The quantitative estimate of drug-likeness (QED) is 0.888. The molecule has 1 heterocycles. The van der Waals surface area contributed by atoms with Gasteiger partial charge in [-0.3, -0.25) is 4.79 Å². The van der Waals surface area contributed by atoms with Crippen molar-refractivity contribution in [1.29, 1.82) is 0 Å². The van der Waals surface area contributed by atoms with Gasteiger partial charge in [-0.25, -0.2) is 0 Å². The molecule has 104 valence electrons. The SMILES string of the molecule is COc1ccc(Br)cc1CC(=O)NC1CCCNC1. The van der Waals surface area contributed by atoms with Gasteiger partial charge in [-0.1, -0.05) is 15.9 Å². The lowest BCUT2D eigenvalue weighted by Gasteiger charge is -2.24. The fourth-order valence-electron chi connectivity index (χ4n) is 2.31. The lowest BCUT2D eigenvalue weighted by molar-refractivity contribution is -0.121. The number of carbonyl (C=O) groups excluding carboxylic acids is 1. The van der Waals surface area contributed by atoms with Gasteiger partial charge in [0.15, 0.2) is 0 Å². The fourth-order valence-corrected chi connectivity index (χ4v) is 2.72. The van der Waals surface area contributed by atoms with Crippen molar-refractivity contribution < 1.29 is 9.53 Å². The zero-order valence-corrected chi connectivity index (χ0v) is 12.6. The molecule has 1 unspecified atom stereocenters. The van der Waals surface area contributed by atoms with Crippen molar-refractivity contribution in [2.45, 2.75) is 25.3 Å². The summed E-state index contributed by atoms with van der Waals surface area (Å²) in [6, 6.07) is 5.96. The van der Waals surface area contributed by atoms with Crippen LogP contribution in [-0.4, -0.2) is 32.1 Å². The van der Waals surface area contributed by atoms with Crippen LogP contribution in [0.5, 0.6) is 5.75 Å². The van der Waals surface area contributed by atoms with Crippen LogP contribution in [0.15, 0.2) is 22.7 Å². The molecule has 1 aliphatic heterocycles. The van der Waals surface area contributed by atoms with Crippen LogP contribution in [-0.2, 0) is 11.2 Å². The predicted octanol–water partition coefficient (Wildman–Crippen LogP) is 1.87. The molecule has 1 aliphatic rings. The second kappa shape index (κ2) is 6.91. The Morgan fingerprint density at radius 1 is 1.58 bits per heavy atom. The second-order valence-electron chi connectivity index (χ2n) is 4.74. The average Bonchev–Trinajstić information content (AvgIpc) is 2.40. The van der Waals surface area contributed by atoms with Crippen molar-refractivity contribution in [1.82, 2.24) is 10.6 Å². The van der Waals surface area contributed by atoms with Crippen LogP contribution >= 0.6 is 15.9 Å². The van der Waals surface area contributed by atoms with E-state index in [-0.39, 0.29) is 11.9 Å². The maximum atomic E-state index is 12.1. The average molecular weight is 327 g/mol. The number of methoxy groups -OCH3 is 1. The highest BCUT2D eigenvalue weighted by Gasteiger charge is 2.16. The number of nitrogens with one attached hydrogen (secondary N) is 2. The van der Waals surface area contributed by atoms with Crippen molar-refractivity contribution in [3.8, 4) is 5.75 Å². The van der Waals surface area contributed by atoms with Crippen LogP contribution in [0.25, 0.3) is 0 Å². The topological polar surface area (TPSA) is 50.4 Å². The van der Waals surface area contributed by atoms with E-state index in [4.69, 9.17) is 4.74 Å². The molecular weight excluding hydrogens is 308 g/mol. The van der Waals surface area contributed by atoms with Gasteiger partial charge in [-0.05, 0) is 37.6 Å². The third-order valence-corrected chi connectivity index (χ3v) is 3.75. The Labute approximate surface area is 122 Å². The molecule has 1 fully saturated rings. The molecule has 19 heavy (non-hydrogen) atoms. The van der Waals surface area contributed by atoms with E-state index < -0.39 is 0 Å².